The second-order valence-electron chi connectivity index (χ2n) is 7.52. The van der Waals surface area contributed by atoms with Crippen LogP contribution in [0.25, 0.3) is 5.82 Å². The molecule has 0 unspecified atom stereocenters. The third-order valence-corrected chi connectivity index (χ3v) is 4.88. The van der Waals surface area contributed by atoms with Gasteiger partial charge in [-0.15, -0.1) is 5.10 Å². The van der Waals surface area contributed by atoms with Gasteiger partial charge in [0.15, 0.2) is 17.5 Å². The topological polar surface area (TPSA) is 59.7 Å². The molecule has 1 fully saturated rings. The first-order chi connectivity index (χ1) is 13.2. The van der Waals surface area contributed by atoms with E-state index in [1.54, 1.807) is 6.20 Å². The fourth-order valence-electron chi connectivity index (χ4n) is 3.71. The van der Waals surface area contributed by atoms with Gasteiger partial charge in [0, 0.05) is 25.0 Å². The summed E-state index contributed by atoms with van der Waals surface area (Å²) in [6, 6.07) is 10.1. The van der Waals surface area contributed by atoms with Crippen molar-refractivity contribution in [3.8, 4) is 5.82 Å². The summed E-state index contributed by atoms with van der Waals surface area (Å²) in [5.41, 5.74) is 1.15. The second-order valence-corrected chi connectivity index (χ2v) is 7.52. The summed E-state index contributed by atoms with van der Waals surface area (Å²) in [4.78, 5) is 16.4. The molecule has 0 aliphatic carbocycles. The van der Waals surface area contributed by atoms with Crippen LogP contribution in [-0.2, 0) is 6.42 Å². The van der Waals surface area contributed by atoms with Crippen LogP contribution in [0.5, 0.6) is 0 Å². The highest BCUT2D eigenvalue weighted by Gasteiger charge is 2.31. The number of pyridine rings is 2. The molecule has 1 aliphatic heterocycles. The fourth-order valence-corrected chi connectivity index (χ4v) is 3.71. The Kier molecular flexibility index (Phi) is 5.25. The highest BCUT2D eigenvalue weighted by atomic mass is 15.4. The molecule has 0 radical (unpaired) electrons. The van der Waals surface area contributed by atoms with Gasteiger partial charge in [-0.3, -0.25) is 9.88 Å². The van der Waals surface area contributed by atoms with Crippen molar-refractivity contribution < 1.29 is 0 Å². The molecule has 1 atom stereocenters. The highest BCUT2D eigenvalue weighted by Crippen LogP contribution is 2.31. The second kappa shape index (κ2) is 7.96. The lowest BCUT2D eigenvalue weighted by atomic mass is 10.1. The molecule has 0 saturated carbocycles. The summed E-state index contributed by atoms with van der Waals surface area (Å²) in [7, 11) is 0. The average Bonchev–Trinajstić information content (AvgIpc) is 3.34. The van der Waals surface area contributed by atoms with E-state index in [2.05, 4.69) is 34.8 Å². The Morgan fingerprint density at radius 2 is 1.89 bits per heavy atom. The van der Waals surface area contributed by atoms with Crippen LogP contribution < -0.4 is 0 Å². The number of hydrogen-bond acceptors (Lipinski definition) is 5. The number of rotatable bonds is 6. The number of likely N-dealkylation sites (tertiary alicyclic amines) is 1. The lowest BCUT2D eigenvalue weighted by Gasteiger charge is -2.27. The molecule has 4 heterocycles. The molecule has 0 N–H and O–H groups in total. The van der Waals surface area contributed by atoms with Crippen molar-refractivity contribution in [2.24, 2.45) is 5.92 Å². The van der Waals surface area contributed by atoms with Crippen LogP contribution >= 0.6 is 0 Å². The van der Waals surface area contributed by atoms with Crippen LogP contribution in [0.15, 0.2) is 48.9 Å². The maximum atomic E-state index is 4.99. The minimum Gasteiger partial charge on any atom is -0.290 e. The van der Waals surface area contributed by atoms with E-state index in [0.29, 0.717) is 5.92 Å². The van der Waals surface area contributed by atoms with Crippen molar-refractivity contribution in [2.75, 3.05) is 13.1 Å². The lowest BCUT2D eigenvalue weighted by Crippen LogP contribution is -2.29. The quantitative estimate of drug-likeness (QED) is 0.672. The van der Waals surface area contributed by atoms with Gasteiger partial charge in [-0.05, 0) is 55.6 Å². The van der Waals surface area contributed by atoms with Gasteiger partial charge in [0.1, 0.15) is 0 Å². The first kappa shape index (κ1) is 17.8. The van der Waals surface area contributed by atoms with Crippen molar-refractivity contribution in [2.45, 2.75) is 39.2 Å². The fraction of sp³-hybridized carbons (Fsp3) is 0.429. The van der Waals surface area contributed by atoms with Crippen LogP contribution in [-0.4, -0.2) is 42.7 Å². The molecule has 0 spiro atoms. The van der Waals surface area contributed by atoms with Crippen LogP contribution in [0.3, 0.4) is 0 Å². The summed E-state index contributed by atoms with van der Waals surface area (Å²) < 4.78 is 1.92. The van der Waals surface area contributed by atoms with E-state index < -0.39 is 0 Å². The number of nitrogens with zero attached hydrogens (tertiary/aromatic N) is 6. The minimum absolute atomic E-state index is 0.0385. The maximum Gasteiger partial charge on any atom is 0.156 e. The summed E-state index contributed by atoms with van der Waals surface area (Å²) >= 11 is 0. The summed E-state index contributed by atoms with van der Waals surface area (Å²) in [6.45, 7) is 6.52. The smallest absolute Gasteiger partial charge is 0.156 e. The summed E-state index contributed by atoms with van der Waals surface area (Å²) in [5.74, 6) is 3.11. The zero-order valence-corrected chi connectivity index (χ0v) is 16.0. The Hall–Kier alpha value is -2.60. The minimum atomic E-state index is 0.0385. The van der Waals surface area contributed by atoms with Gasteiger partial charge in [-0.25, -0.2) is 9.97 Å². The molecule has 4 rings (SSSR count). The molecule has 3 aromatic rings. The Labute approximate surface area is 160 Å². The van der Waals surface area contributed by atoms with Crippen molar-refractivity contribution in [1.29, 1.82) is 0 Å². The van der Waals surface area contributed by atoms with Gasteiger partial charge in [0.2, 0.25) is 0 Å². The lowest BCUT2D eigenvalue weighted by molar-refractivity contribution is 0.268. The van der Waals surface area contributed by atoms with E-state index >= 15 is 0 Å². The van der Waals surface area contributed by atoms with Gasteiger partial charge < -0.3 is 0 Å². The average molecular weight is 362 g/mol. The maximum absolute atomic E-state index is 4.99. The van der Waals surface area contributed by atoms with Gasteiger partial charge in [-0.2, -0.15) is 4.68 Å². The zero-order chi connectivity index (χ0) is 18.6. The Balaban J connectivity index is 1.84. The molecule has 0 amide bonds. The Morgan fingerprint density at radius 3 is 2.56 bits per heavy atom. The third-order valence-electron chi connectivity index (χ3n) is 4.88. The van der Waals surface area contributed by atoms with Crippen molar-refractivity contribution >= 4 is 0 Å². The van der Waals surface area contributed by atoms with E-state index in [1.165, 1.54) is 12.8 Å². The van der Waals surface area contributed by atoms with Crippen LogP contribution in [0.4, 0.5) is 0 Å². The Morgan fingerprint density at radius 1 is 1.04 bits per heavy atom. The summed E-state index contributed by atoms with van der Waals surface area (Å²) in [6.07, 6.45) is 8.85. The van der Waals surface area contributed by atoms with E-state index in [1.807, 2.05) is 41.3 Å². The van der Waals surface area contributed by atoms with Crippen LogP contribution in [0.1, 0.15) is 49.9 Å². The molecule has 6 heteroatoms. The van der Waals surface area contributed by atoms with Gasteiger partial charge >= 0.3 is 0 Å². The third kappa shape index (κ3) is 3.90. The molecular weight excluding hydrogens is 336 g/mol. The van der Waals surface area contributed by atoms with Gasteiger partial charge in [0.25, 0.3) is 0 Å². The van der Waals surface area contributed by atoms with Crippen LogP contribution in [0, 0.1) is 5.92 Å². The van der Waals surface area contributed by atoms with Gasteiger partial charge in [0.05, 0.1) is 6.04 Å². The number of hydrogen-bond donors (Lipinski definition) is 0. The van der Waals surface area contributed by atoms with E-state index in [0.717, 1.165) is 42.5 Å². The Bertz CT molecular complexity index is 853. The van der Waals surface area contributed by atoms with E-state index in [4.69, 9.17) is 10.1 Å². The van der Waals surface area contributed by atoms with Crippen molar-refractivity contribution in [3.05, 3.63) is 66.1 Å². The molecule has 27 heavy (non-hydrogen) atoms. The first-order valence-corrected chi connectivity index (χ1v) is 9.73. The SMILES string of the molecule is CC(C)Cc1nc([C@H](c2cccnc2)N2CCCC2)n(-c2ccccn2)n1. The van der Waals surface area contributed by atoms with Crippen molar-refractivity contribution in [3.63, 3.8) is 0 Å². The molecule has 1 saturated heterocycles. The first-order valence-electron chi connectivity index (χ1n) is 9.73. The molecule has 0 bridgehead atoms. The predicted molar refractivity (Wildman–Crippen MR) is 105 cm³/mol. The molecule has 0 aromatic carbocycles. The zero-order valence-electron chi connectivity index (χ0n) is 16.0. The highest BCUT2D eigenvalue weighted by molar-refractivity contribution is 5.29. The number of aromatic nitrogens is 5. The largest absolute Gasteiger partial charge is 0.290 e. The summed E-state index contributed by atoms with van der Waals surface area (Å²) in [5, 5.41) is 4.83. The van der Waals surface area contributed by atoms with Gasteiger partial charge in [-0.1, -0.05) is 26.0 Å². The van der Waals surface area contributed by atoms with Crippen molar-refractivity contribution in [1.82, 2.24) is 29.6 Å². The van der Waals surface area contributed by atoms with E-state index in [9.17, 15) is 0 Å². The monoisotopic (exact) mass is 362 g/mol. The molecule has 140 valence electrons. The molecule has 3 aromatic heterocycles. The molecular formula is C21H26N6. The predicted octanol–water partition coefficient (Wildman–Crippen LogP) is 3.44. The normalized spacial score (nSPS) is 16.1. The van der Waals surface area contributed by atoms with E-state index in [-0.39, 0.29) is 6.04 Å². The molecule has 1 aliphatic rings. The van der Waals surface area contributed by atoms with Crippen LogP contribution in [0.2, 0.25) is 0 Å². The standard InChI is InChI=1S/C21H26N6/c1-16(2)14-18-24-21(27(25-18)19-9-3-4-11-23-19)20(26-12-5-6-13-26)17-8-7-10-22-15-17/h3-4,7-11,15-16,20H,5-6,12-14H2,1-2H3/t20-/m0/s1. The molecule has 6 nitrogen and oxygen atoms in total.